The summed E-state index contributed by atoms with van der Waals surface area (Å²) in [5.74, 6) is -3.96. The normalized spacial score (nSPS) is 12.4. The number of rotatable bonds is 10. The third-order valence-electron chi connectivity index (χ3n) is 6.85. The lowest BCUT2D eigenvalue weighted by atomic mass is 9.98. The number of carboxylic acid groups (broad SMARTS) is 1. The van der Waals surface area contributed by atoms with Gasteiger partial charge >= 0.3 is 5.97 Å². The molecule has 0 saturated heterocycles. The van der Waals surface area contributed by atoms with Gasteiger partial charge in [0.1, 0.15) is 23.7 Å². The Morgan fingerprint density at radius 3 is 2.02 bits per heavy atom. The van der Waals surface area contributed by atoms with Crippen LogP contribution in [0, 0.1) is 11.7 Å². The van der Waals surface area contributed by atoms with Crippen LogP contribution in [0.4, 0.5) is 4.39 Å². The van der Waals surface area contributed by atoms with Crippen LogP contribution in [0.5, 0.6) is 5.75 Å². The van der Waals surface area contributed by atoms with Gasteiger partial charge in [-0.25, -0.2) is 9.18 Å². The molecule has 0 aromatic heterocycles. The van der Waals surface area contributed by atoms with E-state index in [4.69, 9.17) is 11.6 Å². The predicted molar refractivity (Wildman–Crippen MR) is 160 cm³/mol. The summed E-state index contributed by atoms with van der Waals surface area (Å²) in [6, 6.07) is 23.2. The first-order valence-electron chi connectivity index (χ1n) is 13.3. The molecule has 0 spiro atoms. The summed E-state index contributed by atoms with van der Waals surface area (Å²) in [5, 5.41) is 25.2. The molecule has 0 aliphatic carbocycles. The van der Waals surface area contributed by atoms with Gasteiger partial charge in [-0.2, -0.15) is 0 Å². The molecule has 2 atom stereocenters. The van der Waals surface area contributed by atoms with E-state index in [1.165, 1.54) is 30.3 Å². The topological polar surface area (TPSA) is 116 Å². The van der Waals surface area contributed by atoms with Crippen LogP contribution in [-0.4, -0.2) is 40.1 Å². The maximum atomic E-state index is 13.7. The van der Waals surface area contributed by atoms with Gasteiger partial charge in [0.2, 0.25) is 5.91 Å². The summed E-state index contributed by atoms with van der Waals surface area (Å²) in [6.07, 6.45) is 0.0606. The first-order chi connectivity index (χ1) is 20.0. The first-order valence-corrected chi connectivity index (χ1v) is 13.7. The van der Waals surface area contributed by atoms with E-state index in [1.54, 1.807) is 19.9 Å². The van der Waals surface area contributed by atoms with E-state index in [2.05, 4.69) is 10.6 Å². The summed E-state index contributed by atoms with van der Waals surface area (Å²) in [7, 11) is 0. The highest BCUT2D eigenvalue weighted by atomic mass is 35.5. The fraction of sp³-hybridized carbons (Fsp3) is 0.182. The summed E-state index contributed by atoms with van der Waals surface area (Å²) in [6.45, 7) is 3.33. The zero-order valence-electron chi connectivity index (χ0n) is 23.0. The predicted octanol–water partition coefficient (Wildman–Crippen LogP) is 6.09. The lowest BCUT2D eigenvalue weighted by molar-refractivity contribution is -0.143. The molecule has 7 nitrogen and oxygen atoms in total. The smallest absolute Gasteiger partial charge is 0.326 e. The molecule has 0 aliphatic heterocycles. The van der Waals surface area contributed by atoms with Gasteiger partial charge in [-0.1, -0.05) is 92.2 Å². The molecule has 9 heteroatoms. The van der Waals surface area contributed by atoms with Crippen LogP contribution in [0.25, 0.3) is 22.3 Å². The molecule has 4 aromatic carbocycles. The number of carbonyl (C=O) groups excluding carboxylic acids is 2. The molecule has 0 heterocycles. The van der Waals surface area contributed by atoms with Gasteiger partial charge in [0.15, 0.2) is 0 Å². The molecule has 2 amide bonds. The van der Waals surface area contributed by atoms with E-state index < -0.39 is 41.6 Å². The number of hydrogen-bond donors (Lipinski definition) is 4. The number of phenolic OH excluding ortho intramolecular Hbond substituents is 1. The number of aliphatic carboxylic acids is 1. The summed E-state index contributed by atoms with van der Waals surface area (Å²) < 4.78 is 13.7. The molecule has 2 unspecified atom stereocenters. The summed E-state index contributed by atoms with van der Waals surface area (Å²) in [5.41, 5.74) is 3.60. The summed E-state index contributed by atoms with van der Waals surface area (Å²) >= 11 is 5.92. The van der Waals surface area contributed by atoms with Gasteiger partial charge in [-0.15, -0.1) is 0 Å². The van der Waals surface area contributed by atoms with Gasteiger partial charge in [-0.05, 0) is 58.0 Å². The Kier molecular flexibility index (Phi) is 9.60. The minimum atomic E-state index is -1.20. The van der Waals surface area contributed by atoms with Crippen LogP contribution in [0.2, 0.25) is 5.02 Å². The number of carbonyl (C=O) groups is 3. The average Bonchev–Trinajstić information content (AvgIpc) is 2.97. The number of hydrogen-bond acceptors (Lipinski definition) is 4. The van der Waals surface area contributed by atoms with Gasteiger partial charge in [-0.3, -0.25) is 9.59 Å². The van der Waals surface area contributed by atoms with Crippen LogP contribution in [0.3, 0.4) is 0 Å². The minimum Gasteiger partial charge on any atom is -0.507 e. The molecule has 4 aromatic rings. The highest BCUT2D eigenvalue weighted by Gasteiger charge is 2.29. The van der Waals surface area contributed by atoms with Crippen molar-refractivity contribution in [2.24, 2.45) is 5.92 Å². The van der Waals surface area contributed by atoms with E-state index in [9.17, 15) is 29.0 Å². The minimum absolute atomic E-state index is 0.0606. The van der Waals surface area contributed by atoms with Crippen LogP contribution in [0.1, 0.15) is 29.8 Å². The molecule has 4 rings (SSSR count). The molecule has 42 heavy (non-hydrogen) atoms. The van der Waals surface area contributed by atoms with Crippen molar-refractivity contribution in [1.82, 2.24) is 10.6 Å². The molecular formula is C33H30ClFN2O5. The van der Waals surface area contributed by atoms with Crippen molar-refractivity contribution in [3.05, 3.63) is 113 Å². The Morgan fingerprint density at radius 1 is 0.810 bits per heavy atom. The van der Waals surface area contributed by atoms with Gasteiger partial charge < -0.3 is 20.8 Å². The summed E-state index contributed by atoms with van der Waals surface area (Å²) in [4.78, 5) is 38.5. The van der Waals surface area contributed by atoms with Crippen LogP contribution >= 0.6 is 11.6 Å². The zero-order chi connectivity index (χ0) is 30.4. The van der Waals surface area contributed by atoms with Crippen LogP contribution in [-0.2, 0) is 16.0 Å². The third-order valence-corrected chi connectivity index (χ3v) is 7.14. The first kappa shape index (κ1) is 30.3. The Morgan fingerprint density at radius 2 is 1.40 bits per heavy atom. The molecule has 0 bridgehead atoms. The van der Waals surface area contributed by atoms with Crippen molar-refractivity contribution in [2.75, 3.05) is 0 Å². The van der Waals surface area contributed by atoms with Crippen LogP contribution in [0.15, 0.2) is 91.0 Å². The SMILES string of the molecule is CC(C)C(NC(=O)C(Cc1ccc(-c2ccccc2)cc1)NC(=O)c1cc(-c2ccc(F)c(Cl)c2)ccc1O)C(=O)O. The van der Waals surface area contributed by atoms with Crippen molar-refractivity contribution in [1.29, 1.82) is 0 Å². The van der Waals surface area contributed by atoms with Gasteiger partial charge in [0.25, 0.3) is 5.91 Å². The lowest BCUT2D eigenvalue weighted by Crippen LogP contribution is -2.53. The molecule has 0 saturated carbocycles. The van der Waals surface area contributed by atoms with Crippen molar-refractivity contribution in [3.8, 4) is 28.0 Å². The van der Waals surface area contributed by atoms with Crippen molar-refractivity contribution in [3.63, 3.8) is 0 Å². The molecule has 0 fully saturated rings. The molecule has 4 N–H and O–H groups in total. The second kappa shape index (κ2) is 13.3. The number of halogens is 2. The number of aromatic hydroxyl groups is 1. The number of carboxylic acids is 1. The highest BCUT2D eigenvalue weighted by molar-refractivity contribution is 6.31. The Hall–Kier alpha value is -4.69. The van der Waals surface area contributed by atoms with E-state index in [1.807, 2.05) is 54.6 Å². The number of phenols is 1. The van der Waals surface area contributed by atoms with Gasteiger partial charge in [0.05, 0.1) is 10.6 Å². The quantitative estimate of drug-likeness (QED) is 0.179. The van der Waals surface area contributed by atoms with Gasteiger partial charge in [0, 0.05) is 6.42 Å². The second-order valence-corrected chi connectivity index (χ2v) is 10.6. The zero-order valence-corrected chi connectivity index (χ0v) is 23.7. The Labute approximate surface area is 248 Å². The van der Waals surface area contributed by atoms with Crippen LogP contribution < -0.4 is 10.6 Å². The maximum absolute atomic E-state index is 13.7. The monoisotopic (exact) mass is 588 g/mol. The average molecular weight is 589 g/mol. The largest absolute Gasteiger partial charge is 0.507 e. The third kappa shape index (κ3) is 7.33. The molecule has 0 aliphatic rings. The fourth-order valence-corrected chi connectivity index (χ4v) is 4.67. The van der Waals surface area contributed by atoms with Crippen molar-refractivity contribution < 1.29 is 29.0 Å². The van der Waals surface area contributed by atoms with E-state index in [-0.39, 0.29) is 22.8 Å². The molecule has 216 valence electrons. The number of amides is 2. The Balaban J connectivity index is 1.62. The highest BCUT2D eigenvalue weighted by Crippen LogP contribution is 2.29. The van der Waals surface area contributed by atoms with Crippen molar-refractivity contribution >= 4 is 29.4 Å². The molecular weight excluding hydrogens is 559 g/mol. The molecule has 0 radical (unpaired) electrons. The number of benzene rings is 4. The maximum Gasteiger partial charge on any atom is 0.326 e. The standard InChI is InChI=1S/C33H30ClFN2O5/c1-19(2)30(33(41)42)37-32(40)28(16-20-8-10-22(11-9-20)21-6-4-3-5-7-21)36-31(39)25-17-23(13-15-29(25)38)24-12-14-27(35)26(34)18-24/h3-15,17-19,28,30,38H,16H2,1-2H3,(H,36,39)(H,37,40)(H,41,42). The number of nitrogens with one attached hydrogen (secondary N) is 2. The van der Waals surface area contributed by atoms with E-state index >= 15 is 0 Å². The van der Waals surface area contributed by atoms with E-state index in [0.29, 0.717) is 11.1 Å². The fourth-order valence-electron chi connectivity index (χ4n) is 4.49. The second-order valence-electron chi connectivity index (χ2n) is 10.2. The van der Waals surface area contributed by atoms with Crippen molar-refractivity contribution in [2.45, 2.75) is 32.4 Å². The van der Waals surface area contributed by atoms with E-state index in [0.717, 1.165) is 16.7 Å². The lowest BCUT2D eigenvalue weighted by Gasteiger charge is -2.23. The Bertz CT molecular complexity index is 1590.